The summed E-state index contributed by atoms with van der Waals surface area (Å²) in [4.78, 5) is -1.30. The molecule has 0 amide bonds. The van der Waals surface area contributed by atoms with Gasteiger partial charge in [0.25, 0.3) is 20.2 Å². The standard InChI is InChI=1S/C34H28N6O8S2/c1-47-25-15-17(11-13-23(25)27-19-7-3-5-9-21(19)29(35)31(39-37)33(27)49(41,42)43)18-12-14-24(26(16-18)48-2)28-20-8-4-6-10-22(20)30(36)32(40-38)34(28)50(44,45)46/h3-16,37-38H,35-36H2,1-2H3,(H,41,42,43)(H,44,45,46). The number of nitrogen functional groups attached to an aromatic ring is 2. The second-order valence-electron chi connectivity index (χ2n) is 11.0. The first-order chi connectivity index (χ1) is 23.8. The van der Waals surface area contributed by atoms with Gasteiger partial charge in [0.15, 0.2) is 0 Å². The fourth-order valence-electron chi connectivity index (χ4n) is 6.27. The normalized spacial score (nSPS) is 11.8. The molecule has 0 radical (unpaired) electrons. The molecule has 0 aromatic heterocycles. The van der Waals surface area contributed by atoms with Gasteiger partial charge in [-0.1, -0.05) is 60.7 Å². The minimum atomic E-state index is -4.96. The van der Waals surface area contributed by atoms with E-state index in [1.807, 2.05) is 0 Å². The Morgan fingerprint density at radius 2 is 0.920 bits per heavy atom. The summed E-state index contributed by atoms with van der Waals surface area (Å²) in [6, 6.07) is 23.0. The largest absolute Gasteiger partial charge is 0.496 e. The molecule has 0 bridgehead atoms. The highest BCUT2D eigenvalue weighted by molar-refractivity contribution is 7.86. The molecule has 0 fully saturated rings. The number of methoxy groups -OCH3 is 2. The lowest BCUT2D eigenvalue weighted by molar-refractivity contribution is 0.416. The Kier molecular flexibility index (Phi) is 8.49. The van der Waals surface area contributed by atoms with E-state index in [0.29, 0.717) is 32.7 Å². The van der Waals surface area contributed by atoms with Crippen LogP contribution in [0.4, 0.5) is 22.7 Å². The molecule has 0 aliphatic rings. The predicted octanol–water partition coefficient (Wildman–Crippen LogP) is 7.99. The summed E-state index contributed by atoms with van der Waals surface area (Å²) in [6.45, 7) is 0. The zero-order chi connectivity index (χ0) is 36.1. The smallest absolute Gasteiger partial charge is 0.297 e. The van der Waals surface area contributed by atoms with Gasteiger partial charge in [-0.15, -0.1) is 0 Å². The maximum absolute atomic E-state index is 12.8. The highest BCUT2D eigenvalue weighted by atomic mass is 32.2. The molecule has 0 heterocycles. The van der Waals surface area contributed by atoms with Crippen LogP contribution < -0.4 is 20.9 Å². The van der Waals surface area contributed by atoms with Crippen LogP contribution in [0.2, 0.25) is 0 Å². The van der Waals surface area contributed by atoms with E-state index in [1.165, 1.54) is 14.2 Å². The maximum atomic E-state index is 12.8. The molecule has 0 spiro atoms. The van der Waals surface area contributed by atoms with E-state index in [2.05, 4.69) is 10.2 Å². The monoisotopic (exact) mass is 712 g/mol. The first-order valence-electron chi connectivity index (χ1n) is 14.5. The third-order valence-corrected chi connectivity index (χ3v) is 10.2. The number of nitrogens with one attached hydrogen (secondary N) is 2. The topological polar surface area (TPSA) is 252 Å². The molecule has 0 aliphatic heterocycles. The minimum Gasteiger partial charge on any atom is -0.496 e. The highest BCUT2D eigenvalue weighted by Gasteiger charge is 2.31. The van der Waals surface area contributed by atoms with Gasteiger partial charge in [-0.25, -0.2) is 11.1 Å². The summed E-state index contributed by atoms with van der Waals surface area (Å²) in [7, 11) is -7.15. The fourth-order valence-corrected chi connectivity index (χ4v) is 8.02. The van der Waals surface area contributed by atoms with E-state index in [4.69, 9.17) is 32.0 Å². The molecule has 0 atom stereocenters. The Bertz CT molecular complexity index is 2460. The first kappa shape index (κ1) is 33.9. The Hall–Kier alpha value is -5.94. The first-order valence-corrected chi connectivity index (χ1v) is 17.4. The molecule has 6 rings (SSSR count). The van der Waals surface area contributed by atoms with Crippen molar-refractivity contribution in [2.75, 3.05) is 25.7 Å². The summed E-state index contributed by atoms with van der Waals surface area (Å²) in [5, 5.41) is 8.27. The Balaban J connectivity index is 1.60. The zero-order valence-corrected chi connectivity index (χ0v) is 27.9. The average molecular weight is 713 g/mol. The van der Waals surface area contributed by atoms with Crippen LogP contribution in [-0.2, 0) is 20.2 Å². The van der Waals surface area contributed by atoms with Crippen molar-refractivity contribution in [1.82, 2.24) is 0 Å². The third-order valence-electron chi connectivity index (χ3n) is 8.38. The Morgan fingerprint density at radius 3 is 1.22 bits per heavy atom. The van der Waals surface area contributed by atoms with Gasteiger partial charge < -0.3 is 20.9 Å². The summed E-state index contributed by atoms with van der Waals surface area (Å²) in [6.07, 6.45) is 0. The lowest BCUT2D eigenvalue weighted by atomic mass is 9.92. The van der Waals surface area contributed by atoms with Crippen LogP contribution in [0, 0.1) is 11.1 Å². The van der Waals surface area contributed by atoms with Gasteiger partial charge in [-0.2, -0.15) is 27.1 Å². The number of hydrogen-bond donors (Lipinski definition) is 6. The minimum absolute atomic E-state index is 0.0308. The number of rotatable bonds is 9. The molecule has 0 aliphatic carbocycles. The molecular formula is C34H28N6O8S2. The average Bonchev–Trinajstić information content (AvgIpc) is 3.10. The third kappa shape index (κ3) is 5.45. The van der Waals surface area contributed by atoms with Gasteiger partial charge in [0.2, 0.25) is 0 Å². The van der Waals surface area contributed by atoms with Gasteiger partial charge in [0.1, 0.15) is 32.7 Å². The van der Waals surface area contributed by atoms with Gasteiger partial charge in [0, 0.05) is 33.0 Å². The van der Waals surface area contributed by atoms with Gasteiger partial charge in [-0.3, -0.25) is 9.11 Å². The number of ether oxygens (including phenoxy) is 2. The molecule has 0 saturated carbocycles. The number of fused-ring (bicyclic) bond motifs is 2. The van der Waals surface area contributed by atoms with Crippen LogP contribution in [0.15, 0.2) is 105 Å². The number of hydrogen-bond acceptors (Lipinski definition) is 12. The second-order valence-corrected chi connectivity index (χ2v) is 13.7. The van der Waals surface area contributed by atoms with Crippen molar-refractivity contribution < 1.29 is 35.4 Å². The van der Waals surface area contributed by atoms with Gasteiger partial charge >= 0.3 is 0 Å². The van der Waals surface area contributed by atoms with Gasteiger partial charge in [0.05, 0.1) is 25.6 Å². The molecule has 6 aromatic carbocycles. The van der Waals surface area contributed by atoms with Crippen molar-refractivity contribution in [3.05, 3.63) is 84.9 Å². The molecule has 16 heteroatoms. The van der Waals surface area contributed by atoms with Crippen molar-refractivity contribution >= 4 is 64.5 Å². The van der Waals surface area contributed by atoms with Crippen LogP contribution in [0.5, 0.6) is 11.5 Å². The molecular weight excluding hydrogens is 685 g/mol. The lowest BCUT2D eigenvalue weighted by Gasteiger charge is -2.20. The van der Waals surface area contributed by atoms with E-state index in [9.17, 15) is 25.9 Å². The van der Waals surface area contributed by atoms with Crippen LogP contribution in [0.25, 0.3) is 54.9 Å². The van der Waals surface area contributed by atoms with Crippen LogP contribution in [0.1, 0.15) is 0 Å². The molecule has 0 unspecified atom stereocenters. The lowest BCUT2D eigenvalue weighted by Crippen LogP contribution is -2.06. The molecule has 14 nitrogen and oxygen atoms in total. The second kappa shape index (κ2) is 12.5. The Morgan fingerprint density at radius 1 is 0.580 bits per heavy atom. The van der Waals surface area contributed by atoms with E-state index in [1.54, 1.807) is 84.9 Å². The Labute approximate surface area is 285 Å². The van der Waals surface area contributed by atoms with Crippen LogP contribution in [0.3, 0.4) is 0 Å². The fraction of sp³-hybridized carbons (Fsp3) is 0.0588. The van der Waals surface area contributed by atoms with Crippen molar-refractivity contribution in [3.8, 4) is 44.9 Å². The number of nitrogens with zero attached hydrogens (tertiary/aromatic N) is 2. The summed E-state index contributed by atoms with van der Waals surface area (Å²) in [5.41, 5.74) is 28.5. The van der Waals surface area contributed by atoms with Crippen molar-refractivity contribution in [1.29, 1.82) is 11.1 Å². The summed E-state index contributed by atoms with van der Waals surface area (Å²) < 4.78 is 83.1. The highest BCUT2D eigenvalue weighted by Crippen LogP contribution is 2.50. The van der Waals surface area contributed by atoms with Crippen molar-refractivity contribution in [3.63, 3.8) is 0 Å². The molecule has 0 saturated heterocycles. The quantitative estimate of drug-likeness (QED) is 0.0478. The van der Waals surface area contributed by atoms with E-state index >= 15 is 0 Å². The molecule has 8 N–H and O–H groups in total. The van der Waals surface area contributed by atoms with E-state index in [0.717, 1.165) is 0 Å². The zero-order valence-electron chi connectivity index (χ0n) is 26.3. The number of anilines is 2. The van der Waals surface area contributed by atoms with E-state index in [-0.39, 0.29) is 45.1 Å². The SMILES string of the molecule is COc1cc(-c2ccc(-c3c(S(=O)(=O)O)c(N=N)c(N)c4ccccc34)c(OC)c2)ccc1-c1c(S(=O)(=O)O)c(N=N)c(N)c2ccccc12. The molecule has 50 heavy (non-hydrogen) atoms. The molecule has 6 aromatic rings. The molecule has 254 valence electrons. The van der Waals surface area contributed by atoms with Crippen molar-refractivity contribution in [2.24, 2.45) is 10.2 Å². The van der Waals surface area contributed by atoms with Crippen molar-refractivity contribution in [2.45, 2.75) is 9.79 Å². The number of nitrogens with two attached hydrogens (primary N) is 2. The number of benzene rings is 6. The maximum Gasteiger partial charge on any atom is 0.297 e. The van der Waals surface area contributed by atoms with Gasteiger partial charge in [-0.05, 0) is 46.2 Å². The predicted molar refractivity (Wildman–Crippen MR) is 189 cm³/mol. The van der Waals surface area contributed by atoms with Crippen LogP contribution >= 0.6 is 0 Å². The van der Waals surface area contributed by atoms with Crippen LogP contribution in [-0.4, -0.2) is 40.2 Å². The summed E-state index contributed by atoms with van der Waals surface area (Å²) in [5.74, 6) is 0.391. The van der Waals surface area contributed by atoms with E-state index < -0.39 is 41.4 Å². The summed E-state index contributed by atoms with van der Waals surface area (Å²) >= 11 is 0.